The third-order valence-electron chi connectivity index (χ3n) is 4.60. The number of rotatable bonds is 5. The van der Waals surface area contributed by atoms with Gasteiger partial charge in [-0.25, -0.2) is 8.42 Å². The third kappa shape index (κ3) is 7.03. The number of piperidine rings is 1. The van der Waals surface area contributed by atoms with Gasteiger partial charge >= 0.3 is 0 Å². The first kappa shape index (κ1) is 23.2. The number of hydrogen-bond donors (Lipinski definition) is 2. The Balaban J connectivity index is 0.00000338. The molecule has 0 aliphatic carbocycles. The maximum absolute atomic E-state index is 11.7. The molecule has 1 heterocycles. The molecule has 0 amide bonds. The topological polar surface area (TPSA) is 73.8 Å². The summed E-state index contributed by atoms with van der Waals surface area (Å²) < 4.78 is 23.4. The summed E-state index contributed by atoms with van der Waals surface area (Å²) in [7, 11) is 0.760. The number of benzene rings is 1. The first-order valence-corrected chi connectivity index (χ1v) is 10.6. The second kappa shape index (κ2) is 10.5. The van der Waals surface area contributed by atoms with Crippen LogP contribution >= 0.6 is 24.0 Å². The molecule has 6 nitrogen and oxygen atoms in total. The first-order valence-electron chi connectivity index (χ1n) is 8.72. The first-order chi connectivity index (χ1) is 11.8. The van der Waals surface area contributed by atoms with Crippen molar-refractivity contribution in [3.8, 4) is 0 Å². The van der Waals surface area contributed by atoms with Crippen molar-refractivity contribution < 1.29 is 8.42 Å². The molecule has 148 valence electrons. The van der Waals surface area contributed by atoms with Gasteiger partial charge in [-0.15, -0.1) is 24.0 Å². The van der Waals surface area contributed by atoms with E-state index in [1.165, 1.54) is 25.6 Å². The fourth-order valence-corrected chi connectivity index (χ4v) is 4.28. The van der Waals surface area contributed by atoms with E-state index in [2.05, 4.69) is 27.6 Å². The average molecular weight is 494 g/mol. The number of likely N-dealkylation sites (tertiary alicyclic amines) is 1. The quantitative estimate of drug-likeness (QED) is 0.373. The zero-order valence-corrected chi connectivity index (χ0v) is 19.2. The van der Waals surface area contributed by atoms with Crippen molar-refractivity contribution in [1.82, 2.24) is 15.5 Å². The summed E-state index contributed by atoms with van der Waals surface area (Å²) in [6.07, 6.45) is 3.74. The Morgan fingerprint density at radius 2 is 2.08 bits per heavy atom. The summed E-state index contributed by atoms with van der Waals surface area (Å²) in [5.74, 6) is 1.42. The highest BCUT2D eigenvalue weighted by molar-refractivity contribution is 14.0. The van der Waals surface area contributed by atoms with Gasteiger partial charge in [-0.2, -0.15) is 0 Å². The number of hydrogen-bond acceptors (Lipinski definition) is 4. The van der Waals surface area contributed by atoms with Crippen LogP contribution in [0.3, 0.4) is 0 Å². The Kier molecular flexibility index (Phi) is 9.32. The summed E-state index contributed by atoms with van der Waals surface area (Å²) >= 11 is 0. The Morgan fingerprint density at radius 1 is 1.35 bits per heavy atom. The van der Waals surface area contributed by atoms with Gasteiger partial charge in [-0.3, -0.25) is 4.99 Å². The van der Waals surface area contributed by atoms with Crippen LogP contribution in [0, 0.1) is 12.8 Å². The maximum atomic E-state index is 11.7. The minimum Gasteiger partial charge on any atom is -0.356 e. The Hall–Kier alpha value is -0.870. The van der Waals surface area contributed by atoms with E-state index in [1.54, 1.807) is 13.1 Å². The number of halogens is 1. The van der Waals surface area contributed by atoms with Crippen LogP contribution in [0.1, 0.15) is 24.0 Å². The van der Waals surface area contributed by atoms with Gasteiger partial charge in [0.25, 0.3) is 0 Å². The molecule has 1 aromatic carbocycles. The molecule has 0 aromatic heterocycles. The molecule has 26 heavy (non-hydrogen) atoms. The molecule has 8 heteroatoms. The van der Waals surface area contributed by atoms with E-state index < -0.39 is 9.84 Å². The zero-order chi connectivity index (χ0) is 18.4. The van der Waals surface area contributed by atoms with Gasteiger partial charge in [-0.05, 0) is 56.5 Å². The molecule has 0 spiro atoms. The smallest absolute Gasteiger partial charge is 0.191 e. The van der Waals surface area contributed by atoms with Crippen LogP contribution in [0.2, 0.25) is 0 Å². The highest BCUT2D eigenvalue weighted by Crippen LogP contribution is 2.16. The van der Waals surface area contributed by atoms with E-state index >= 15 is 0 Å². The number of nitrogens with zero attached hydrogens (tertiary/aromatic N) is 2. The van der Waals surface area contributed by atoms with Crippen molar-refractivity contribution in [2.24, 2.45) is 10.9 Å². The Bertz CT molecular complexity index is 722. The van der Waals surface area contributed by atoms with Crippen molar-refractivity contribution in [2.75, 3.05) is 40.0 Å². The van der Waals surface area contributed by atoms with E-state index in [4.69, 9.17) is 0 Å². The summed E-state index contributed by atoms with van der Waals surface area (Å²) in [5, 5.41) is 6.69. The van der Waals surface area contributed by atoms with Crippen molar-refractivity contribution in [2.45, 2.75) is 31.2 Å². The zero-order valence-electron chi connectivity index (χ0n) is 16.1. The third-order valence-corrected chi connectivity index (χ3v) is 5.86. The monoisotopic (exact) mass is 494 g/mol. The van der Waals surface area contributed by atoms with E-state index in [-0.39, 0.29) is 24.0 Å². The summed E-state index contributed by atoms with van der Waals surface area (Å²) in [6.45, 7) is 5.65. The molecule has 1 aromatic rings. The van der Waals surface area contributed by atoms with Gasteiger partial charge in [-0.1, -0.05) is 12.1 Å². The van der Waals surface area contributed by atoms with Crippen LogP contribution in [0.25, 0.3) is 0 Å². The summed E-state index contributed by atoms with van der Waals surface area (Å²) in [6, 6.07) is 5.43. The van der Waals surface area contributed by atoms with E-state index in [1.807, 2.05) is 19.1 Å². The van der Waals surface area contributed by atoms with Crippen LogP contribution in [-0.2, 0) is 16.4 Å². The molecule has 1 saturated heterocycles. The van der Waals surface area contributed by atoms with Gasteiger partial charge < -0.3 is 15.5 Å². The molecule has 1 aliphatic rings. The highest BCUT2D eigenvalue weighted by atomic mass is 127. The van der Waals surface area contributed by atoms with Crippen molar-refractivity contribution in [3.05, 3.63) is 29.3 Å². The molecule has 2 N–H and O–H groups in total. The fourth-order valence-electron chi connectivity index (χ4n) is 3.32. The lowest BCUT2D eigenvalue weighted by Gasteiger charge is -2.30. The predicted molar refractivity (Wildman–Crippen MR) is 118 cm³/mol. The Morgan fingerprint density at radius 3 is 2.65 bits per heavy atom. The molecule has 1 atom stereocenters. The molecular formula is C18H31IN4O2S. The van der Waals surface area contributed by atoms with Gasteiger partial charge in [0.05, 0.1) is 4.90 Å². The van der Waals surface area contributed by atoms with Crippen LogP contribution in [0.15, 0.2) is 28.1 Å². The lowest BCUT2D eigenvalue weighted by molar-refractivity contribution is 0.210. The average Bonchev–Trinajstić information content (AvgIpc) is 2.54. The Labute approximate surface area is 174 Å². The minimum atomic E-state index is -3.17. The normalized spacial score (nSPS) is 18.9. The molecule has 1 aliphatic heterocycles. The molecule has 2 rings (SSSR count). The lowest BCUT2D eigenvalue weighted by atomic mass is 9.99. The fraction of sp³-hybridized carbons (Fsp3) is 0.611. The van der Waals surface area contributed by atoms with Crippen molar-refractivity contribution in [1.29, 1.82) is 0 Å². The van der Waals surface area contributed by atoms with E-state index in [0.717, 1.165) is 30.2 Å². The SMILES string of the molecule is CN=C(NCc1ccc(S(C)(=O)=O)c(C)c1)NCC1CCCN(C)C1.I. The van der Waals surface area contributed by atoms with Crippen LogP contribution in [0.4, 0.5) is 0 Å². The van der Waals surface area contributed by atoms with Gasteiger partial charge in [0.2, 0.25) is 0 Å². The van der Waals surface area contributed by atoms with Gasteiger partial charge in [0.15, 0.2) is 15.8 Å². The number of guanidine groups is 1. The number of sulfone groups is 1. The molecule has 1 fully saturated rings. The number of aryl methyl sites for hydroxylation is 1. The second-order valence-electron chi connectivity index (χ2n) is 6.95. The molecular weight excluding hydrogens is 463 g/mol. The largest absolute Gasteiger partial charge is 0.356 e. The van der Waals surface area contributed by atoms with Crippen molar-refractivity contribution in [3.63, 3.8) is 0 Å². The molecule has 0 saturated carbocycles. The second-order valence-corrected chi connectivity index (χ2v) is 8.93. The maximum Gasteiger partial charge on any atom is 0.191 e. The van der Waals surface area contributed by atoms with E-state index in [0.29, 0.717) is 17.4 Å². The number of nitrogens with one attached hydrogen (secondary N) is 2. The minimum absolute atomic E-state index is 0. The van der Waals surface area contributed by atoms with Gasteiger partial charge in [0, 0.05) is 32.9 Å². The van der Waals surface area contributed by atoms with Crippen LogP contribution in [0.5, 0.6) is 0 Å². The van der Waals surface area contributed by atoms with Gasteiger partial charge in [0.1, 0.15) is 0 Å². The summed E-state index contributed by atoms with van der Waals surface area (Å²) in [5.41, 5.74) is 1.81. The highest BCUT2D eigenvalue weighted by Gasteiger charge is 2.17. The lowest BCUT2D eigenvalue weighted by Crippen LogP contribution is -2.43. The van der Waals surface area contributed by atoms with Crippen LogP contribution < -0.4 is 10.6 Å². The van der Waals surface area contributed by atoms with Crippen molar-refractivity contribution >= 4 is 39.8 Å². The summed E-state index contributed by atoms with van der Waals surface area (Å²) in [4.78, 5) is 7.03. The number of aliphatic imine (C=N–C) groups is 1. The standard InChI is InChI=1S/C18H30N4O2S.HI/c1-14-10-15(7-8-17(14)25(4,23)24)11-20-18(19-2)21-12-16-6-5-9-22(3)13-16;/h7-8,10,16H,5-6,9,11-13H2,1-4H3,(H2,19,20,21);1H. The molecule has 1 unspecified atom stereocenters. The van der Waals surface area contributed by atoms with E-state index in [9.17, 15) is 8.42 Å². The predicted octanol–water partition coefficient (Wildman–Crippen LogP) is 2.02. The van der Waals surface area contributed by atoms with Crippen LogP contribution in [-0.4, -0.2) is 59.3 Å². The molecule has 0 radical (unpaired) electrons. The molecule has 0 bridgehead atoms.